The van der Waals surface area contributed by atoms with E-state index in [4.69, 9.17) is 32.7 Å². The van der Waals surface area contributed by atoms with Gasteiger partial charge in [0.05, 0.1) is 6.61 Å². The van der Waals surface area contributed by atoms with Crippen LogP contribution in [0.25, 0.3) is 0 Å². The van der Waals surface area contributed by atoms with Gasteiger partial charge in [0.25, 0.3) is 0 Å². The normalized spacial score (nSPS) is 10.6. The summed E-state index contributed by atoms with van der Waals surface area (Å²) in [6, 6.07) is 19.6. The van der Waals surface area contributed by atoms with Crippen LogP contribution < -0.4 is 14.8 Å². The Morgan fingerprint density at radius 1 is 0.857 bits per heavy atom. The Balaban J connectivity index is 1.72. The van der Waals surface area contributed by atoms with E-state index in [0.717, 1.165) is 16.8 Å². The predicted molar refractivity (Wildman–Crippen MR) is 117 cm³/mol. The van der Waals surface area contributed by atoms with Gasteiger partial charge in [-0.3, -0.25) is 0 Å². The summed E-state index contributed by atoms with van der Waals surface area (Å²) >= 11 is 12.4. The second-order valence-corrected chi connectivity index (χ2v) is 7.30. The molecule has 0 saturated carbocycles. The molecule has 5 heteroatoms. The third-order valence-electron chi connectivity index (χ3n) is 4.25. The highest BCUT2D eigenvalue weighted by Crippen LogP contribution is 2.34. The van der Waals surface area contributed by atoms with Gasteiger partial charge in [-0.2, -0.15) is 0 Å². The average Bonchev–Trinajstić information content (AvgIpc) is 2.69. The van der Waals surface area contributed by atoms with Crippen LogP contribution in [-0.2, 0) is 13.2 Å². The Morgan fingerprint density at radius 3 is 2.21 bits per heavy atom. The molecule has 0 aliphatic rings. The van der Waals surface area contributed by atoms with Crippen LogP contribution in [0.5, 0.6) is 11.5 Å². The summed E-state index contributed by atoms with van der Waals surface area (Å²) in [5.41, 5.74) is 4.24. The van der Waals surface area contributed by atoms with E-state index in [9.17, 15) is 0 Å². The Kier molecular flexibility index (Phi) is 7.07. The van der Waals surface area contributed by atoms with Crippen molar-refractivity contribution >= 4 is 28.9 Å². The van der Waals surface area contributed by atoms with Crippen LogP contribution in [0.15, 0.2) is 60.7 Å². The minimum Gasteiger partial charge on any atom is -0.490 e. The molecule has 0 atom stereocenters. The van der Waals surface area contributed by atoms with Crippen LogP contribution in [0.1, 0.15) is 23.6 Å². The number of ether oxygens (including phenoxy) is 2. The molecule has 3 nitrogen and oxygen atoms in total. The van der Waals surface area contributed by atoms with Crippen molar-refractivity contribution in [2.75, 3.05) is 11.9 Å². The van der Waals surface area contributed by atoms with Gasteiger partial charge >= 0.3 is 0 Å². The molecule has 3 rings (SSSR count). The van der Waals surface area contributed by atoms with E-state index in [-0.39, 0.29) is 0 Å². The number of hydrogen-bond acceptors (Lipinski definition) is 3. The summed E-state index contributed by atoms with van der Waals surface area (Å²) in [4.78, 5) is 0. The van der Waals surface area contributed by atoms with Crippen molar-refractivity contribution in [1.29, 1.82) is 0 Å². The molecule has 0 aliphatic carbocycles. The van der Waals surface area contributed by atoms with Crippen LogP contribution in [-0.4, -0.2) is 6.61 Å². The first-order valence-electron chi connectivity index (χ1n) is 9.18. The molecule has 0 fully saturated rings. The topological polar surface area (TPSA) is 30.5 Å². The van der Waals surface area contributed by atoms with Crippen LogP contribution in [0.4, 0.5) is 5.69 Å². The van der Waals surface area contributed by atoms with Gasteiger partial charge in [0.2, 0.25) is 0 Å². The largest absolute Gasteiger partial charge is 0.490 e. The van der Waals surface area contributed by atoms with Crippen molar-refractivity contribution in [2.45, 2.75) is 27.0 Å². The summed E-state index contributed by atoms with van der Waals surface area (Å²) in [6.45, 7) is 5.57. The number of aryl methyl sites for hydroxylation is 1. The van der Waals surface area contributed by atoms with E-state index in [1.165, 1.54) is 5.56 Å². The number of anilines is 1. The van der Waals surface area contributed by atoms with Crippen LogP contribution >= 0.6 is 23.2 Å². The maximum absolute atomic E-state index is 6.50. The molecule has 3 aromatic rings. The van der Waals surface area contributed by atoms with Crippen molar-refractivity contribution in [3.8, 4) is 11.5 Å². The van der Waals surface area contributed by atoms with Gasteiger partial charge in [-0.15, -0.1) is 0 Å². The number of halogens is 2. The molecular weight excluding hydrogens is 393 g/mol. The van der Waals surface area contributed by atoms with Gasteiger partial charge in [0, 0.05) is 28.3 Å². The van der Waals surface area contributed by atoms with E-state index in [1.54, 1.807) is 0 Å². The Labute approximate surface area is 176 Å². The van der Waals surface area contributed by atoms with E-state index in [0.29, 0.717) is 41.3 Å². The molecule has 1 N–H and O–H groups in total. The minimum absolute atomic E-state index is 0.411. The summed E-state index contributed by atoms with van der Waals surface area (Å²) < 4.78 is 11.7. The summed E-state index contributed by atoms with van der Waals surface area (Å²) in [6.07, 6.45) is 0. The lowest BCUT2D eigenvalue weighted by atomic mass is 10.1. The van der Waals surface area contributed by atoms with Crippen LogP contribution in [0.3, 0.4) is 0 Å². The molecule has 146 valence electrons. The fourth-order valence-corrected chi connectivity index (χ4v) is 3.05. The SMILES string of the molecule is CCOc1cc(CNc2ccc(C)cc2)c(Cl)cc1OCc1ccc(Cl)cc1. The molecule has 3 aromatic carbocycles. The monoisotopic (exact) mass is 415 g/mol. The smallest absolute Gasteiger partial charge is 0.163 e. The summed E-state index contributed by atoms with van der Waals surface area (Å²) in [5.74, 6) is 1.31. The Bertz CT molecular complexity index is 909. The van der Waals surface area contributed by atoms with Gasteiger partial charge in [0.15, 0.2) is 11.5 Å². The zero-order valence-electron chi connectivity index (χ0n) is 16.0. The Morgan fingerprint density at radius 2 is 1.54 bits per heavy atom. The average molecular weight is 416 g/mol. The molecular formula is C23H23Cl2NO2. The Hall–Kier alpha value is -2.36. The van der Waals surface area contributed by atoms with Gasteiger partial charge in [0.1, 0.15) is 6.61 Å². The lowest BCUT2D eigenvalue weighted by Crippen LogP contribution is -2.04. The van der Waals surface area contributed by atoms with Gasteiger partial charge in [-0.25, -0.2) is 0 Å². The molecule has 0 aliphatic heterocycles. The van der Waals surface area contributed by atoms with Crippen molar-refractivity contribution in [1.82, 2.24) is 0 Å². The van der Waals surface area contributed by atoms with E-state index in [2.05, 4.69) is 36.5 Å². The van der Waals surface area contributed by atoms with E-state index in [1.807, 2.05) is 43.3 Å². The highest BCUT2D eigenvalue weighted by Gasteiger charge is 2.12. The summed E-state index contributed by atoms with van der Waals surface area (Å²) in [7, 11) is 0. The summed E-state index contributed by atoms with van der Waals surface area (Å²) in [5, 5.41) is 4.72. The maximum atomic E-state index is 6.50. The van der Waals surface area contributed by atoms with Gasteiger partial charge < -0.3 is 14.8 Å². The fraction of sp³-hybridized carbons (Fsp3) is 0.217. The van der Waals surface area contributed by atoms with Crippen molar-refractivity contribution < 1.29 is 9.47 Å². The fourth-order valence-electron chi connectivity index (χ4n) is 2.70. The third kappa shape index (κ3) is 5.57. The van der Waals surface area contributed by atoms with Gasteiger partial charge in [-0.1, -0.05) is 53.0 Å². The lowest BCUT2D eigenvalue weighted by molar-refractivity contribution is 0.269. The van der Waals surface area contributed by atoms with E-state index >= 15 is 0 Å². The van der Waals surface area contributed by atoms with Crippen molar-refractivity contribution in [3.05, 3.63) is 87.4 Å². The van der Waals surface area contributed by atoms with Gasteiger partial charge in [-0.05, 0) is 55.3 Å². The maximum Gasteiger partial charge on any atom is 0.163 e. The molecule has 0 spiro atoms. The number of nitrogens with one attached hydrogen (secondary N) is 1. The molecule has 0 bridgehead atoms. The molecule has 0 amide bonds. The first-order valence-corrected chi connectivity index (χ1v) is 9.93. The molecule has 0 heterocycles. The quantitative estimate of drug-likeness (QED) is 0.434. The van der Waals surface area contributed by atoms with Crippen LogP contribution in [0, 0.1) is 6.92 Å². The van der Waals surface area contributed by atoms with Crippen molar-refractivity contribution in [2.24, 2.45) is 0 Å². The zero-order valence-corrected chi connectivity index (χ0v) is 17.5. The minimum atomic E-state index is 0.411. The molecule has 28 heavy (non-hydrogen) atoms. The molecule has 0 unspecified atom stereocenters. The van der Waals surface area contributed by atoms with Crippen LogP contribution in [0.2, 0.25) is 10.0 Å². The van der Waals surface area contributed by atoms with Crippen molar-refractivity contribution in [3.63, 3.8) is 0 Å². The standard InChI is InChI=1S/C23H23Cl2NO2/c1-3-27-22-12-18(14-26-20-10-4-16(2)5-11-20)21(25)13-23(22)28-15-17-6-8-19(24)9-7-17/h4-13,26H,3,14-15H2,1-2H3. The first-order chi connectivity index (χ1) is 13.5. The molecule has 0 aromatic heterocycles. The molecule has 0 saturated heterocycles. The second kappa shape index (κ2) is 9.72. The highest BCUT2D eigenvalue weighted by atomic mass is 35.5. The number of hydrogen-bond donors (Lipinski definition) is 1. The number of rotatable bonds is 8. The predicted octanol–water partition coefficient (Wildman–Crippen LogP) is 6.89. The van der Waals surface area contributed by atoms with E-state index < -0.39 is 0 Å². The second-order valence-electron chi connectivity index (χ2n) is 6.46. The lowest BCUT2D eigenvalue weighted by Gasteiger charge is -2.16. The molecule has 0 radical (unpaired) electrons. The number of benzene rings is 3. The third-order valence-corrected chi connectivity index (χ3v) is 4.86. The first kappa shape index (κ1) is 20.4. The highest BCUT2D eigenvalue weighted by molar-refractivity contribution is 6.31. The zero-order chi connectivity index (χ0) is 19.9.